The summed E-state index contributed by atoms with van der Waals surface area (Å²) in [5.41, 5.74) is 1.76. The molecule has 0 unspecified atom stereocenters. The minimum Gasteiger partial charge on any atom is -0.493 e. The molecule has 2 aromatic carbocycles. The van der Waals surface area contributed by atoms with E-state index in [9.17, 15) is 9.90 Å². The van der Waals surface area contributed by atoms with Gasteiger partial charge in [-0.05, 0) is 10.8 Å². The molecule has 0 amide bonds. The molecule has 0 spiro atoms. The van der Waals surface area contributed by atoms with E-state index in [2.05, 4.69) is 10.1 Å². The number of hydrogen-bond acceptors (Lipinski definition) is 3. The van der Waals surface area contributed by atoms with Gasteiger partial charge in [-0.3, -0.25) is 4.79 Å². The topological polar surface area (TPSA) is 70.4 Å². The fourth-order valence-corrected chi connectivity index (χ4v) is 2.57. The molecular formula is C16H11N3O2. The van der Waals surface area contributed by atoms with Crippen LogP contribution in [0.15, 0.2) is 59.4 Å². The summed E-state index contributed by atoms with van der Waals surface area (Å²) in [6, 6.07) is 16.8. The highest BCUT2D eigenvalue weighted by Crippen LogP contribution is 2.28. The van der Waals surface area contributed by atoms with Gasteiger partial charge in [0.05, 0.1) is 11.8 Å². The van der Waals surface area contributed by atoms with Crippen LogP contribution in [-0.4, -0.2) is 19.7 Å². The normalized spacial score (nSPS) is 11.2. The molecule has 4 rings (SSSR count). The number of fused-ring (bicyclic) bond motifs is 2. The first-order valence-electron chi connectivity index (χ1n) is 6.52. The summed E-state index contributed by atoms with van der Waals surface area (Å²) >= 11 is 0. The number of hydrogen-bond donors (Lipinski definition) is 2. The molecule has 2 heterocycles. The maximum absolute atomic E-state index is 11.4. The van der Waals surface area contributed by atoms with Gasteiger partial charge < -0.3 is 10.1 Å². The molecule has 0 aliphatic carbocycles. The van der Waals surface area contributed by atoms with Crippen LogP contribution in [0.25, 0.3) is 27.7 Å². The first-order valence-corrected chi connectivity index (χ1v) is 6.52. The van der Waals surface area contributed by atoms with Crippen molar-refractivity contribution in [3.63, 3.8) is 0 Å². The molecule has 0 bridgehead atoms. The van der Waals surface area contributed by atoms with E-state index in [1.165, 1.54) is 4.52 Å². The first kappa shape index (κ1) is 11.7. The number of aromatic amines is 1. The summed E-state index contributed by atoms with van der Waals surface area (Å²) in [5, 5.41) is 16.4. The third-order valence-corrected chi connectivity index (χ3v) is 3.50. The summed E-state index contributed by atoms with van der Waals surface area (Å²) in [5.74, 6) is -0.180. The molecule has 5 nitrogen and oxygen atoms in total. The predicted octanol–water partition coefficient (Wildman–Crippen LogP) is 2.55. The molecule has 5 heteroatoms. The van der Waals surface area contributed by atoms with Crippen molar-refractivity contribution in [2.75, 3.05) is 0 Å². The second-order valence-corrected chi connectivity index (χ2v) is 4.85. The lowest BCUT2D eigenvalue weighted by molar-refractivity contribution is 0.434. The number of aromatic nitrogens is 3. The molecule has 0 radical (unpaired) electrons. The number of rotatable bonds is 1. The van der Waals surface area contributed by atoms with Crippen molar-refractivity contribution in [1.29, 1.82) is 0 Å². The maximum atomic E-state index is 11.4. The number of aromatic hydroxyl groups is 1. The number of benzene rings is 2. The van der Waals surface area contributed by atoms with Crippen LogP contribution in [0.4, 0.5) is 0 Å². The van der Waals surface area contributed by atoms with Crippen LogP contribution in [0.5, 0.6) is 5.88 Å². The zero-order valence-electron chi connectivity index (χ0n) is 10.9. The molecule has 0 fully saturated rings. The molecule has 0 atom stereocenters. The van der Waals surface area contributed by atoms with Crippen molar-refractivity contribution in [1.82, 2.24) is 14.6 Å². The van der Waals surface area contributed by atoms with Gasteiger partial charge in [-0.25, -0.2) is 0 Å². The van der Waals surface area contributed by atoms with Crippen molar-refractivity contribution >= 4 is 16.4 Å². The SMILES string of the molecule is O=c1cc(O)n2nc(-c3cccc4ccccc34)cc2[nH]1. The van der Waals surface area contributed by atoms with E-state index in [-0.39, 0.29) is 11.4 Å². The molecule has 0 saturated heterocycles. The molecular weight excluding hydrogens is 266 g/mol. The minimum atomic E-state index is -0.357. The Morgan fingerprint density at radius 1 is 1.05 bits per heavy atom. The van der Waals surface area contributed by atoms with Gasteiger partial charge in [-0.1, -0.05) is 42.5 Å². The third-order valence-electron chi connectivity index (χ3n) is 3.50. The van der Waals surface area contributed by atoms with E-state index in [0.717, 1.165) is 22.4 Å². The Morgan fingerprint density at radius 2 is 1.86 bits per heavy atom. The lowest BCUT2D eigenvalue weighted by Crippen LogP contribution is -2.06. The minimum absolute atomic E-state index is 0.180. The Bertz CT molecular complexity index is 1030. The first-order chi connectivity index (χ1) is 10.2. The molecule has 2 aromatic heterocycles. The van der Waals surface area contributed by atoms with Crippen LogP contribution >= 0.6 is 0 Å². The van der Waals surface area contributed by atoms with Crippen LogP contribution in [-0.2, 0) is 0 Å². The lowest BCUT2D eigenvalue weighted by atomic mass is 10.0. The van der Waals surface area contributed by atoms with Gasteiger partial charge in [0.2, 0.25) is 5.88 Å². The number of nitrogens with zero attached hydrogens (tertiary/aromatic N) is 2. The highest BCUT2D eigenvalue weighted by Gasteiger charge is 2.10. The van der Waals surface area contributed by atoms with Crippen LogP contribution in [0.3, 0.4) is 0 Å². The molecule has 102 valence electrons. The number of nitrogens with one attached hydrogen (secondary N) is 1. The predicted molar refractivity (Wildman–Crippen MR) is 80.4 cm³/mol. The quantitative estimate of drug-likeness (QED) is 0.561. The largest absolute Gasteiger partial charge is 0.493 e. The van der Waals surface area contributed by atoms with Gasteiger partial charge in [0, 0.05) is 11.6 Å². The van der Waals surface area contributed by atoms with E-state index in [0.29, 0.717) is 11.3 Å². The van der Waals surface area contributed by atoms with Crippen LogP contribution in [0, 0.1) is 0 Å². The van der Waals surface area contributed by atoms with Gasteiger partial charge in [-0.2, -0.15) is 9.61 Å². The molecule has 2 N–H and O–H groups in total. The van der Waals surface area contributed by atoms with Crippen LogP contribution in [0.2, 0.25) is 0 Å². The Morgan fingerprint density at radius 3 is 2.76 bits per heavy atom. The van der Waals surface area contributed by atoms with Crippen molar-refractivity contribution in [2.45, 2.75) is 0 Å². The maximum Gasteiger partial charge on any atom is 0.254 e. The van der Waals surface area contributed by atoms with Crippen molar-refractivity contribution < 1.29 is 5.11 Å². The second kappa shape index (κ2) is 4.21. The van der Waals surface area contributed by atoms with E-state index < -0.39 is 0 Å². The van der Waals surface area contributed by atoms with E-state index >= 15 is 0 Å². The van der Waals surface area contributed by atoms with Gasteiger partial charge >= 0.3 is 0 Å². The monoisotopic (exact) mass is 277 g/mol. The highest BCUT2D eigenvalue weighted by molar-refractivity contribution is 5.96. The van der Waals surface area contributed by atoms with Gasteiger partial charge in [0.15, 0.2) is 0 Å². The third kappa shape index (κ3) is 1.79. The molecule has 21 heavy (non-hydrogen) atoms. The summed E-state index contributed by atoms with van der Waals surface area (Å²) in [7, 11) is 0. The Balaban J connectivity index is 2.05. The average molecular weight is 277 g/mol. The lowest BCUT2D eigenvalue weighted by Gasteiger charge is -2.02. The Kier molecular flexibility index (Phi) is 2.35. The van der Waals surface area contributed by atoms with E-state index in [4.69, 9.17) is 0 Å². The zero-order valence-corrected chi connectivity index (χ0v) is 10.9. The van der Waals surface area contributed by atoms with Gasteiger partial charge in [-0.15, -0.1) is 0 Å². The van der Waals surface area contributed by atoms with Crippen LogP contribution in [0.1, 0.15) is 0 Å². The Hall–Kier alpha value is -3.08. The molecule has 4 aromatic rings. The smallest absolute Gasteiger partial charge is 0.254 e. The summed E-state index contributed by atoms with van der Waals surface area (Å²) in [6.45, 7) is 0. The van der Waals surface area contributed by atoms with E-state index in [1.807, 2.05) is 42.5 Å². The molecule has 0 aliphatic heterocycles. The van der Waals surface area contributed by atoms with Crippen molar-refractivity contribution in [2.24, 2.45) is 0 Å². The fraction of sp³-hybridized carbons (Fsp3) is 0. The Labute approximate surface area is 119 Å². The van der Waals surface area contributed by atoms with Crippen molar-refractivity contribution in [3.8, 4) is 17.1 Å². The second-order valence-electron chi connectivity index (χ2n) is 4.85. The zero-order chi connectivity index (χ0) is 14.4. The highest BCUT2D eigenvalue weighted by atomic mass is 16.3. The standard InChI is InChI=1S/C16H11N3O2/c20-15-9-16(21)19-14(17-15)8-13(18-19)12-7-3-5-10-4-1-2-6-11(10)12/h1-9,21H,(H,17,20). The summed E-state index contributed by atoms with van der Waals surface area (Å²) in [4.78, 5) is 14.1. The van der Waals surface area contributed by atoms with E-state index in [1.54, 1.807) is 6.07 Å². The summed E-state index contributed by atoms with van der Waals surface area (Å²) in [6.07, 6.45) is 0. The average Bonchev–Trinajstić information content (AvgIpc) is 2.90. The molecule has 0 aliphatic rings. The molecule has 0 saturated carbocycles. The van der Waals surface area contributed by atoms with Crippen molar-refractivity contribution in [3.05, 3.63) is 65.0 Å². The summed E-state index contributed by atoms with van der Waals surface area (Å²) < 4.78 is 1.32. The number of H-pyrrole nitrogens is 1. The van der Waals surface area contributed by atoms with Gasteiger partial charge in [0.25, 0.3) is 5.56 Å². The fourth-order valence-electron chi connectivity index (χ4n) is 2.57. The van der Waals surface area contributed by atoms with Gasteiger partial charge in [0.1, 0.15) is 5.65 Å². The van der Waals surface area contributed by atoms with Crippen LogP contribution < -0.4 is 5.56 Å².